The van der Waals surface area contributed by atoms with Crippen LogP contribution in [0.4, 0.5) is 11.4 Å². The predicted molar refractivity (Wildman–Crippen MR) is 78.3 cm³/mol. The molecular formula is C15H12BrNO2. The molecule has 2 aromatic rings. The van der Waals surface area contributed by atoms with Gasteiger partial charge in [0.25, 0.3) is 0 Å². The maximum Gasteiger partial charge on any atom is 0.335 e. The number of para-hydroxylation sites is 1. The lowest BCUT2D eigenvalue weighted by atomic mass is 10.1. The molecule has 3 nitrogen and oxygen atoms in total. The number of rotatable bonds is 2. The van der Waals surface area contributed by atoms with E-state index in [4.69, 9.17) is 5.11 Å². The van der Waals surface area contributed by atoms with Gasteiger partial charge in [0.05, 0.1) is 5.56 Å². The van der Waals surface area contributed by atoms with Gasteiger partial charge in [-0.25, -0.2) is 4.79 Å². The van der Waals surface area contributed by atoms with Gasteiger partial charge in [0, 0.05) is 22.4 Å². The summed E-state index contributed by atoms with van der Waals surface area (Å²) in [4.78, 5) is 13.3. The Morgan fingerprint density at radius 3 is 2.79 bits per heavy atom. The third-order valence-corrected chi connectivity index (χ3v) is 3.79. The molecule has 1 heterocycles. The monoisotopic (exact) mass is 317 g/mol. The molecule has 0 fully saturated rings. The number of carboxylic acid groups (broad SMARTS) is 1. The first-order chi connectivity index (χ1) is 9.15. The highest BCUT2D eigenvalue weighted by atomic mass is 79.9. The minimum Gasteiger partial charge on any atom is -0.478 e. The smallest absolute Gasteiger partial charge is 0.335 e. The number of benzene rings is 2. The van der Waals surface area contributed by atoms with Crippen molar-refractivity contribution in [3.8, 4) is 0 Å². The number of fused-ring (bicyclic) bond motifs is 1. The molecule has 0 unspecified atom stereocenters. The maximum absolute atomic E-state index is 11.1. The van der Waals surface area contributed by atoms with E-state index in [0.717, 1.165) is 28.8 Å². The fourth-order valence-corrected chi connectivity index (χ4v) is 2.94. The van der Waals surface area contributed by atoms with Crippen molar-refractivity contribution in [2.24, 2.45) is 0 Å². The SMILES string of the molecule is O=C(O)c1cc(Br)cc(N2CCc3ccccc32)c1. The zero-order valence-electron chi connectivity index (χ0n) is 10.1. The van der Waals surface area contributed by atoms with Gasteiger partial charge in [-0.2, -0.15) is 0 Å². The van der Waals surface area contributed by atoms with Crippen LogP contribution in [0, 0.1) is 0 Å². The highest BCUT2D eigenvalue weighted by molar-refractivity contribution is 9.10. The highest BCUT2D eigenvalue weighted by Crippen LogP contribution is 2.35. The molecule has 0 amide bonds. The molecule has 1 aliphatic heterocycles. The van der Waals surface area contributed by atoms with Gasteiger partial charge in [0.2, 0.25) is 0 Å². The number of carboxylic acids is 1. The zero-order valence-corrected chi connectivity index (χ0v) is 11.7. The average Bonchev–Trinajstić information content (AvgIpc) is 2.81. The van der Waals surface area contributed by atoms with Crippen LogP contribution in [0.5, 0.6) is 0 Å². The summed E-state index contributed by atoms with van der Waals surface area (Å²) in [6.45, 7) is 0.884. The maximum atomic E-state index is 11.1. The highest BCUT2D eigenvalue weighted by Gasteiger charge is 2.20. The summed E-state index contributed by atoms with van der Waals surface area (Å²) >= 11 is 3.38. The molecular weight excluding hydrogens is 306 g/mol. The molecule has 0 aromatic heterocycles. The molecule has 0 bridgehead atoms. The van der Waals surface area contributed by atoms with E-state index in [1.807, 2.05) is 18.2 Å². The summed E-state index contributed by atoms with van der Waals surface area (Å²) < 4.78 is 0.784. The molecule has 1 aliphatic rings. The number of anilines is 2. The van der Waals surface area contributed by atoms with Crippen molar-refractivity contribution in [3.63, 3.8) is 0 Å². The largest absolute Gasteiger partial charge is 0.478 e. The molecule has 0 aliphatic carbocycles. The van der Waals surface area contributed by atoms with Crippen LogP contribution in [-0.4, -0.2) is 17.6 Å². The molecule has 0 radical (unpaired) electrons. The molecule has 0 spiro atoms. The van der Waals surface area contributed by atoms with Crippen LogP contribution < -0.4 is 4.90 Å². The van der Waals surface area contributed by atoms with E-state index < -0.39 is 5.97 Å². The summed E-state index contributed by atoms with van der Waals surface area (Å²) in [5.74, 6) is -0.907. The summed E-state index contributed by atoms with van der Waals surface area (Å²) in [7, 11) is 0. The lowest BCUT2D eigenvalue weighted by Crippen LogP contribution is -2.14. The van der Waals surface area contributed by atoms with Crippen LogP contribution in [0.3, 0.4) is 0 Å². The van der Waals surface area contributed by atoms with Gasteiger partial charge in [-0.15, -0.1) is 0 Å². The molecule has 19 heavy (non-hydrogen) atoms. The van der Waals surface area contributed by atoms with Crippen molar-refractivity contribution < 1.29 is 9.90 Å². The Balaban J connectivity index is 2.07. The zero-order chi connectivity index (χ0) is 13.4. The second-order valence-corrected chi connectivity index (χ2v) is 5.45. The third-order valence-electron chi connectivity index (χ3n) is 3.33. The van der Waals surface area contributed by atoms with E-state index in [1.165, 1.54) is 5.56 Å². The topological polar surface area (TPSA) is 40.5 Å². The van der Waals surface area contributed by atoms with Crippen molar-refractivity contribution in [2.45, 2.75) is 6.42 Å². The van der Waals surface area contributed by atoms with E-state index in [9.17, 15) is 4.79 Å². The molecule has 0 atom stereocenters. The van der Waals surface area contributed by atoms with Crippen LogP contribution in [-0.2, 0) is 6.42 Å². The number of hydrogen-bond donors (Lipinski definition) is 1. The van der Waals surface area contributed by atoms with Crippen LogP contribution in [0.15, 0.2) is 46.9 Å². The van der Waals surface area contributed by atoms with Crippen molar-refractivity contribution in [3.05, 3.63) is 58.1 Å². The normalized spacial score (nSPS) is 13.4. The fourth-order valence-electron chi connectivity index (χ4n) is 2.46. The first kappa shape index (κ1) is 12.2. The van der Waals surface area contributed by atoms with E-state index in [0.29, 0.717) is 5.56 Å². The summed E-state index contributed by atoms with van der Waals surface area (Å²) in [5.41, 5.74) is 3.68. The lowest BCUT2D eigenvalue weighted by Gasteiger charge is -2.20. The quantitative estimate of drug-likeness (QED) is 0.914. The van der Waals surface area contributed by atoms with E-state index in [-0.39, 0.29) is 0 Å². The van der Waals surface area contributed by atoms with E-state index in [2.05, 4.69) is 33.0 Å². The van der Waals surface area contributed by atoms with Crippen LogP contribution in [0.2, 0.25) is 0 Å². The van der Waals surface area contributed by atoms with Crippen molar-refractivity contribution >= 4 is 33.3 Å². The molecule has 0 saturated carbocycles. The Morgan fingerprint density at radius 2 is 2.00 bits per heavy atom. The van der Waals surface area contributed by atoms with Gasteiger partial charge < -0.3 is 10.0 Å². The standard InChI is InChI=1S/C15H12BrNO2/c16-12-7-11(15(18)19)8-13(9-12)17-6-5-10-3-1-2-4-14(10)17/h1-4,7-9H,5-6H2,(H,18,19). The van der Waals surface area contributed by atoms with Gasteiger partial charge in [-0.3, -0.25) is 0 Å². The van der Waals surface area contributed by atoms with Crippen molar-refractivity contribution in [2.75, 3.05) is 11.4 Å². The Bertz CT molecular complexity index is 654. The van der Waals surface area contributed by atoms with Gasteiger partial charge in [-0.1, -0.05) is 34.1 Å². The second kappa shape index (κ2) is 4.70. The minimum absolute atomic E-state index is 0.300. The number of nitrogens with zero attached hydrogens (tertiary/aromatic N) is 1. The molecule has 1 N–H and O–H groups in total. The first-order valence-corrected chi connectivity index (χ1v) is 6.84. The number of halogens is 1. The Morgan fingerprint density at radius 1 is 1.21 bits per heavy atom. The second-order valence-electron chi connectivity index (χ2n) is 4.53. The van der Waals surface area contributed by atoms with Gasteiger partial charge >= 0.3 is 5.97 Å². The Hall–Kier alpha value is -1.81. The van der Waals surface area contributed by atoms with E-state index in [1.54, 1.807) is 12.1 Å². The summed E-state index contributed by atoms with van der Waals surface area (Å²) in [5, 5.41) is 9.13. The molecule has 3 rings (SSSR count). The first-order valence-electron chi connectivity index (χ1n) is 6.04. The molecule has 0 saturated heterocycles. The Labute approximate surface area is 119 Å². The predicted octanol–water partition coefficient (Wildman–Crippen LogP) is 3.84. The van der Waals surface area contributed by atoms with Gasteiger partial charge in [-0.05, 0) is 36.2 Å². The minimum atomic E-state index is -0.907. The van der Waals surface area contributed by atoms with Gasteiger partial charge in [0.15, 0.2) is 0 Å². The molecule has 2 aromatic carbocycles. The van der Waals surface area contributed by atoms with Crippen LogP contribution >= 0.6 is 15.9 Å². The third kappa shape index (κ3) is 2.24. The summed E-state index contributed by atoms with van der Waals surface area (Å²) in [6.07, 6.45) is 0.991. The van der Waals surface area contributed by atoms with Crippen LogP contribution in [0.1, 0.15) is 15.9 Å². The molecule has 4 heteroatoms. The average molecular weight is 318 g/mol. The number of carbonyl (C=O) groups is 1. The number of aromatic carboxylic acids is 1. The van der Waals surface area contributed by atoms with Crippen LogP contribution in [0.25, 0.3) is 0 Å². The van der Waals surface area contributed by atoms with Gasteiger partial charge in [0.1, 0.15) is 0 Å². The Kier molecular flexibility index (Phi) is 3.03. The lowest BCUT2D eigenvalue weighted by molar-refractivity contribution is 0.0697. The number of hydrogen-bond acceptors (Lipinski definition) is 2. The van der Waals surface area contributed by atoms with Crippen molar-refractivity contribution in [1.82, 2.24) is 0 Å². The van der Waals surface area contributed by atoms with E-state index >= 15 is 0 Å². The fraction of sp³-hybridized carbons (Fsp3) is 0.133. The van der Waals surface area contributed by atoms with Crippen molar-refractivity contribution in [1.29, 1.82) is 0 Å². The molecule has 96 valence electrons. The summed E-state index contributed by atoms with van der Waals surface area (Å²) in [6, 6.07) is 13.5.